The maximum atomic E-state index is 12.8. The highest BCUT2D eigenvalue weighted by atomic mass is 16.5. The van der Waals surface area contributed by atoms with E-state index in [9.17, 15) is 14.4 Å². The van der Waals surface area contributed by atoms with Crippen molar-refractivity contribution in [3.63, 3.8) is 0 Å². The van der Waals surface area contributed by atoms with Crippen molar-refractivity contribution in [3.05, 3.63) is 51.4 Å². The van der Waals surface area contributed by atoms with Gasteiger partial charge in [-0.2, -0.15) is 0 Å². The smallest absolute Gasteiger partial charge is 0.332 e. The fourth-order valence-corrected chi connectivity index (χ4v) is 4.34. The number of aromatic nitrogens is 4. The molecule has 0 aliphatic carbocycles. The summed E-state index contributed by atoms with van der Waals surface area (Å²) >= 11 is 0. The second-order valence-electron chi connectivity index (χ2n) is 8.34. The van der Waals surface area contributed by atoms with Gasteiger partial charge in [0.15, 0.2) is 11.2 Å². The molecule has 1 aromatic carbocycles. The van der Waals surface area contributed by atoms with E-state index in [1.807, 2.05) is 29.2 Å². The number of aryl methyl sites for hydroxylation is 2. The van der Waals surface area contributed by atoms with Crippen LogP contribution >= 0.6 is 0 Å². The molecule has 0 bridgehead atoms. The summed E-state index contributed by atoms with van der Waals surface area (Å²) < 4.78 is 9.41. The molecular formula is C23H30N6O4. The molecule has 3 aromatic rings. The van der Waals surface area contributed by atoms with E-state index in [-0.39, 0.29) is 11.5 Å². The molecule has 0 unspecified atom stereocenters. The maximum Gasteiger partial charge on any atom is 0.332 e. The summed E-state index contributed by atoms with van der Waals surface area (Å²) in [5, 5.41) is 0. The number of carbonyl (C=O) groups is 1. The van der Waals surface area contributed by atoms with Crippen LogP contribution in [0.5, 0.6) is 5.75 Å². The number of ether oxygens (including phenoxy) is 1. The van der Waals surface area contributed by atoms with Crippen molar-refractivity contribution < 1.29 is 9.53 Å². The third kappa shape index (κ3) is 4.50. The second kappa shape index (κ2) is 9.51. The molecule has 4 rings (SSSR count). The highest BCUT2D eigenvalue weighted by Crippen LogP contribution is 2.21. The van der Waals surface area contributed by atoms with Gasteiger partial charge >= 0.3 is 5.69 Å². The zero-order valence-electron chi connectivity index (χ0n) is 19.4. The van der Waals surface area contributed by atoms with Crippen LogP contribution < -0.4 is 20.9 Å². The number of hydrogen-bond donors (Lipinski definition) is 0. The molecule has 3 heterocycles. The molecule has 0 atom stereocenters. The Morgan fingerprint density at radius 3 is 2.52 bits per heavy atom. The molecule has 0 radical (unpaired) electrons. The number of anilines is 1. The average molecular weight is 455 g/mol. The van der Waals surface area contributed by atoms with Gasteiger partial charge in [0.05, 0.1) is 13.4 Å². The number of benzene rings is 1. The van der Waals surface area contributed by atoms with E-state index >= 15 is 0 Å². The number of imidazole rings is 1. The topological polar surface area (TPSA) is 94.6 Å². The lowest BCUT2D eigenvalue weighted by atomic mass is 10.2. The van der Waals surface area contributed by atoms with E-state index in [0.717, 1.165) is 42.1 Å². The maximum absolute atomic E-state index is 12.8. The van der Waals surface area contributed by atoms with Crippen LogP contribution in [0.15, 0.2) is 40.2 Å². The van der Waals surface area contributed by atoms with Crippen molar-refractivity contribution in [2.75, 3.05) is 38.2 Å². The van der Waals surface area contributed by atoms with E-state index in [2.05, 4.69) is 9.88 Å². The molecular weight excluding hydrogens is 424 g/mol. The Hall–Kier alpha value is -3.56. The van der Waals surface area contributed by atoms with E-state index < -0.39 is 5.69 Å². The molecule has 1 aliphatic rings. The first-order valence-electron chi connectivity index (χ1n) is 11.2. The van der Waals surface area contributed by atoms with Gasteiger partial charge in [-0.15, -0.1) is 0 Å². The lowest BCUT2D eigenvalue weighted by molar-refractivity contribution is -0.131. The molecule has 176 valence electrons. The number of amides is 1. The number of methoxy groups -OCH3 is 1. The summed E-state index contributed by atoms with van der Waals surface area (Å²) in [6.07, 6.45) is 3.46. The van der Waals surface area contributed by atoms with E-state index in [1.54, 1.807) is 25.1 Å². The summed E-state index contributed by atoms with van der Waals surface area (Å²) in [6.45, 7) is 3.60. The van der Waals surface area contributed by atoms with Crippen LogP contribution in [0.3, 0.4) is 0 Å². The lowest BCUT2D eigenvalue weighted by Gasteiger charge is -2.24. The minimum Gasteiger partial charge on any atom is -0.497 e. The van der Waals surface area contributed by atoms with Crippen LogP contribution in [0.1, 0.15) is 19.3 Å². The van der Waals surface area contributed by atoms with Crippen LogP contribution in [0, 0.1) is 0 Å². The zero-order chi connectivity index (χ0) is 23.5. The SMILES string of the molecule is COc1ccc(N2CCCN(C(=O)CCCn3cnc4c3c(=O)n(C)c(=O)n4C)CC2)cc1. The van der Waals surface area contributed by atoms with E-state index in [0.29, 0.717) is 37.1 Å². The third-order valence-electron chi connectivity index (χ3n) is 6.29. The van der Waals surface area contributed by atoms with Crippen molar-refractivity contribution in [2.45, 2.75) is 25.8 Å². The minimum absolute atomic E-state index is 0.122. The average Bonchev–Trinajstić information content (AvgIpc) is 3.09. The normalized spacial score (nSPS) is 14.5. The van der Waals surface area contributed by atoms with Crippen molar-refractivity contribution >= 4 is 22.8 Å². The zero-order valence-corrected chi connectivity index (χ0v) is 19.4. The molecule has 1 amide bonds. The molecule has 10 heteroatoms. The summed E-state index contributed by atoms with van der Waals surface area (Å²) in [5.74, 6) is 0.951. The summed E-state index contributed by atoms with van der Waals surface area (Å²) in [6, 6.07) is 8.00. The second-order valence-corrected chi connectivity index (χ2v) is 8.34. The van der Waals surface area contributed by atoms with E-state index in [4.69, 9.17) is 4.74 Å². The molecule has 0 spiro atoms. The van der Waals surface area contributed by atoms with Gasteiger partial charge in [0.25, 0.3) is 5.56 Å². The highest BCUT2D eigenvalue weighted by molar-refractivity contribution is 5.76. The number of carbonyl (C=O) groups excluding carboxylic acids is 1. The first-order chi connectivity index (χ1) is 15.9. The predicted molar refractivity (Wildman–Crippen MR) is 126 cm³/mol. The first-order valence-corrected chi connectivity index (χ1v) is 11.2. The largest absolute Gasteiger partial charge is 0.497 e. The fourth-order valence-electron chi connectivity index (χ4n) is 4.34. The Labute approximate surface area is 191 Å². The quantitative estimate of drug-likeness (QED) is 0.551. The molecule has 1 aliphatic heterocycles. The Kier molecular flexibility index (Phi) is 6.52. The van der Waals surface area contributed by atoms with Crippen molar-refractivity contribution in [1.82, 2.24) is 23.6 Å². The minimum atomic E-state index is -0.405. The molecule has 2 aromatic heterocycles. The molecule has 0 N–H and O–H groups in total. The fraction of sp³-hybridized carbons (Fsp3) is 0.478. The first kappa shape index (κ1) is 22.6. The van der Waals surface area contributed by atoms with Crippen LogP contribution in [0.25, 0.3) is 11.2 Å². The predicted octanol–water partition coefficient (Wildman–Crippen LogP) is 0.961. The summed E-state index contributed by atoms with van der Waals surface area (Å²) in [7, 11) is 4.71. The Balaban J connectivity index is 1.35. The molecule has 10 nitrogen and oxygen atoms in total. The van der Waals surface area contributed by atoms with Crippen molar-refractivity contribution in [1.29, 1.82) is 0 Å². The van der Waals surface area contributed by atoms with Gasteiger partial charge in [0.1, 0.15) is 5.75 Å². The van der Waals surface area contributed by atoms with Gasteiger partial charge in [0, 0.05) is 58.9 Å². The summed E-state index contributed by atoms with van der Waals surface area (Å²) in [5.41, 5.74) is 1.10. The Morgan fingerprint density at radius 2 is 1.79 bits per heavy atom. The van der Waals surface area contributed by atoms with Crippen LogP contribution in [-0.2, 0) is 25.4 Å². The molecule has 33 heavy (non-hydrogen) atoms. The Bertz CT molecular complexity index is 1260. The molecule has 1 saturated heterocycles. The van der Waals surface area contributed by atoms with Crippen molar-refractivity contribution in [3.8, 4) is 5.75 Å². The van der Waals surface area contributed by atoms with Gasteiger partial charge in [0.2, 0.25) is 5.91 Å². The van der Waals surface area contributed by atoms with Gasteiger partial charge in [-0.05, 0) is 37.1 Å². The number of rotatable bonds is 6. The monoisotopic (exact) mass is 454 g/mol. The third-order valence-corrected chi connectivity index (χ3v) is 6.29. The van der Waals surface area contributed by atoms with Gasteiger partial charge in [-0.25, -0.2) is 9.78 Å². The van der Waals surface area contributed by atoms with Gasteiger partial charge < -0.3 is 19.1 Å². The number of hydrogen-bond acceptors (Lipinski definition) is 6. The summed E-state index contributed by atoms with van der Waals surface area (Å²) in [4.78, 5) is 45.9. The van der Waals surface area contributed by atoms with E-state index in [1.165, 1.54) is 11.6 Å². The van der Waals surface area contributed by atoms with Crippen LogP contribution in [0.4, 0.5) is 5.69 Å². The lowest BCUT2D eigenvalue weighted by Crippen LogP contribution is -2.37. The van der Waals surface area contributed by atoms with Gasteiger partial charge in [-0.1, -0.05) is 0 Å². The number of nitrogens with zero attached hydrogens (tertiary/aromatic N) is 6. The Morgan fingerprint density at radius 1 is 1.03 bits per heavy atom. The standard InChI is InChI=1S/C23H30N6O4/c1-25-21-20(22(31)26(2)23(25)32)29(16-24-21)11-4-6-19(30)28-13-5-12-27(14-15-28)17-7-9-18(33-3)10-8-17/h7-10,16H,4-6,11-15H2,1-3H3. The van der Waals surface area contributed by atoms with Crippen LogP contribution in [0.2, 0.25) is 0 Å². The molecule has 1 fully saturated rings. The number of fused-ring (bicyclic) bond motifs is 1. The van der Waals surface area contributed by atoms with Gasteiger partial charge in [-0.3, -0.25) is 18.7 Å². The van der Waals surface area contributed by atoms with Crippen molar-refractivity contribution in [2.24, 2.45) is 14.1 Å². The van der Waals surface area contributed by atoms with Crippen LogP contribution in [-0.4, -0.2) is 62.8 Å². The highest BCUT2D eigenvalue weighted by Gasteiger charge is 2.20. The molecule has 0 saturated carbocycles.